The van der Waals surface area contributed by atoms with Crippen molar-refractivity contribution in [3.8, 4) is 0 Å². The predicted octanol–water partition coefficient (Wildman–Crippen LogP) is 1.82. The summed E-state index contributed by atoms with van der Waals surface area (Å²) < 4.78 is 38.4. The van der Waals surface area contributed by atoms with Crippen molar-refractivity contribution in [3.63, 3.8) is 0 Å². The zero-order valence-corrected chi connectivity index (χ0v) is 12.1. The molecule has 2 amide bonds. The Labute approximate surface area is 129 Å². The van der Waals surface area contributed by atoms with Gasteiger partial charge in [-0.1, -0.05) is 0 Å². The van der Waals surface area contributed by atoms with Crippen molar-refractivity contribution in [1.82, 2.24) is 5.32 Å². The van der Waals surface area contributed by atoms with Crippen molar-refractivity contribution in [2.75, 3.05) is 35.7 Å². The van der Waals surface area contributed by atoms with Crippen LogP contribution in [0.5, 0.6) is 0 Å². The molecule has 0 radical (unpaired) electrons. The highest BCUT2D eigenvalue weighted by Gasteiger charge is 2.32. The molecule has 1 aliphatic rings. The maximum absolute atomic E-state index is 12.8. The van der Waals surface area contributed by atoms with Gasteiger partial charge >= 0.3 is 6.18 Å². The van der Waals surface area contributed by atoms with Crippen LogP contribution in [0.4, 0.5) is 24.5 Å². The second-order valence-electron chi connectivity index (χ2n) is 4.68. The van der Waals surface area contributed by atoms with Gasteiger partial charge in [-0.3, -0.25) is 9.59 Å². The first kappa shape index (κ1) is 16.4. The molecule has 0 bridgehead atoms. The fourth-order valence-electron chi connectivity index (χ4n) is 2.12. The molecule has 2 N–H and O–H groups in total. The molecule has 9 heteroatoms. The zero-order chi connectivity index (χ0) is 16.3. The van der Waals surface area contributed by atoms with E-state index in [0.29, 0.717) is 18.8 Å². The van der Waals surface area contributed by atoms with Gasteiger partial charge in [0.05, 0.1) is 23.5 Å². The number of carbonyl (C=O) groups is 2. The van der Waals surface area contributed by atoms with Gasteiger partial charge in [0.25, 0.3) is 0 Å². The van der Waals surface area contributed by atoms with E-state index < -0.39 is 17.6 Å². The van der Waals surface area contributed by atoms with E-state index in [-0.39, 0.29) is 24.0 Å². The van der Waals surface area contributed by atoms with Gasteiger partial charge in [-0.25, -0.2) is 0 Å². The molecule has 120 valence electrons. The number of rotatable bonds is 3. The van der Waals surface area contributed by atoms with Crippen LogP contribution < -0.4 is 15.5 Å². The molecular weight excluding hydrogens is 323 g/mol. The van der Waals surface area contributed by atoms with Gasteiger partial charge in [0.2, 0.25) is 11.8 Å². The standard InChI is InChI=1S/C13H13ClF3N3O2/c14-6-11(21)19-9-5-8(13(15,16)17)1-2-10(9)20-4-3-18-12(22)7-20/h1-2,5H,3-4,6-7H2,(H,18,22)(H,19,21). The Hall–Kier alpha value is -1.96. The van der Waals surface area contributed by atoms with Crippen LogP contribution in [-0.4, -0.2) is 37.3 Å². The number of nitrogens with one attached hydrogen (secondary N) is 2. The number of halogens is 4. The first-order valence-electron chi connectivity index (χ1n) is 6.40. The van der Waals surface area contributed by atoms with Crippen LogP contribution in [-0.2, 0) is 15.8 Å². The Morgan fingerprint density at radius 2 is 2.14 bits per heavy atom. The normalized spacial score (nSPS) is 15.5. The molecule has 0 aromatic heterocycles. The van der Waals surface area contributed by atoms with E-state index in [9.17, 15) is 22.8 Å². The molecule has 22 heavy (non-hydrogen) atoms. The SMILES string of the molecule is O=C1CN(c2ccc(C(F)(F)F)cc2NC(=O)CCl)CCN1. The molecule has 5 nitrogen and oxygen atoms in total. The number of carbonyl (C=O) groups excluding carboxylic acids is 2. The summed E-state index contributed by atoms with van der Waals surface area (Å²) in [5, 5.41) is 4.96. The van der Waals surface area contributed by atoms with Crippen molar-refractivity contribution in [2.24, 2.45) is 0 Å². The molecule has 1 saturated heterocycles. The number of nitrogens with zero attached hydrogens (tertiary/aromatic N) is 1. The molecule has 0 aliphatic carbocycles. The molecule has 1 aliphatic heterocycles. The van der Waals surface area contributed by atoms with E-state index >= 15 is 0 Å². The Kier molecular flexibility index (Phi) is 4.80. The first-order chi connectivity index (χ1) is 10.3. The lowest BCUT2D eigenvalue weighted by atomic mass is 10.1. The fraction of sp³-hybridized carbons (Fsp3) is 0.385. The summed E-state index contributed by atoms with van der Waals surface area (Å²) in [5.74, 6) is -1.24. The average molecular weight is 336 g/mol. The molecule has 0 saturated carbocycles. The van der Waals surface area contributed by atoms with Gasteiger partial charge < -0.3 is 15.5 Å². The molecule has 0 spiro atoms. The van der Waals surface area contributed by atoms with Crippen LogP contribution in [0.1, 0.15) is 5.56 Å². The van der Waals surface area contributed by atoms with E-state index in [0.717, 1.165) is 12.1 Å². The summed E-state index contributed by atoms with van der Waals surface area (Å²) in [6, 6.07) is 3.00. The largest absolute Gasteiger partial charge is 0.416 e. The van der Waals surface area contributed by atoms with Crippen molar-refractivity contribution >= 4 is 34.8 Å². The van der Waals surface area contributed by atoms with Gasteiger partial charge in [-0.15, -0.1) is 11.6 Å². The monoisotopic (exact) mass is 335 g/mol. The number of alkyl halides is 4. The highest BCUT2D eigenvalue weighted by molar-refractivity contribution is 6.29. The minimum Gasteiger partial charge on any atom is -0.359 e. The van der Waals surface area contributed by atoms with E-state index in [1.807, 2.05) is 0 Å². The summed E-state index contributed by atoms with van der Waals surface area (Å²) in [7, 11) is 0. The fourth-order valence-corrected chi connectivity index (χ4v) is 2.18. The maximum atomic E-state index is 12.8. The number of piperazine rings is 1. The van der Waals surface area contributed by atoms with Crippen LogP contribution in [0.15, 0.2) is 18.2 Å². The number of anilines is 2. The van der Waals surface area contributed by atoms with Crippen LogP contribution in [0.25, 0.3) is 0 Å². The molecule has 1 heterocycles. The average Bonchev–Trinajstić information content (AvgIpc) is 2.46. The van der Waals surface area contributed by atoms with Crippen molar-refractivity contribution in [3.05, 3.63) is 23.8 Å². The molecule has 1 aromatic rings. The van der Waals surface area contributed by atoms with Crippen molar-refractivity contribution in [1.29, 1.82) is 0 Å². The summed E-state index contributed by atoms with van der Waals surface area (Å²) in [6.45, 7) is 0.818. The Morgan fingerprint density at radius 1 is 1.41 bits per heavy atom. The van der Waals surface area contributed by atoms with Crippen LogP contribution >= 0.6 is 11.6 Å². The molecule has 1 fully saturated rings. The summed E-state index contributed by atoms with van der Waals surface area (Å²) in [6.07, 6.45) is -4.53. The molecule has 0 atom stereocenters. The van der Waals surface area contributed by atoms with Crippen LogP contribution in [0.3, 0.4) is 0 Å². The van der Waals surface area contributed by atoms with Crippen molar-refractivity contribution in [2.45, 2.75) is 6.18 Å². The van der Waals surface area contributed by atoms with Gasteiger partial charge in [0, 0.05) is 13.1 Å². The Morgan fingerprint density at radius 3 is 2.73 bits per heavy atom. The minimum atomic E-state index is -4.53. The van der Waals surface area contributed by atoms with Gasteiger partial charge in [-0.05, 0) is 18.2 Å². The van der Waals surface area contributed by atoms with E-state index in [4.69, 9.17) is 11.6 Å². The smallest absolute Gasteiger partial charge is 0.359 e. The number of hydrogen-bond donors (Lipinski definition) is 2. The van der Waals surface area contributed by atoms with Gasteiger partial charge in [0.15, 0.2) is 0 Å². The predicted molar refractivity (Wildman–Crippen MR) is 76.0 cm³/mol. The van der Waals surface area contributed by atoms with Crippen LogP contribution in [0, 0.1) is 0 Å². The highest BCUT2D eigenvalue weighted by atomic mass is 35.5. The lowest BCUT2D eigenvalue weighted by Crippen LogP contribution is -2.48. The lowest BCUT2D eigenvalue weighted by Gasteiger charge is -2.30. The Balaban J connectivity index is 2.38. The van der Waals surface area contributed by atoms with E-state index in [1.165, 1.54) is 6.07 Å². The Bertz CT molecular complexity index is 592. The van der Waals surface area contributed by atoms with Crippen molar-refractivity contribution < 1.29 is 22.8 Å². The topological polar surface area (TPSA) is 61.4 Å². The van der Waals surface area contributed by atoms with Gasteiger partial charge in [-0.2, -0.15) is 13.2 Å². The van der Waals surface area contributed by atoms with Gasteiger partial charge in [0.1, 0.15) is 5.88 Å². The highest BCUT2D eigenvalue weighted by Crippen LogP contribution is 2.35. The number of benzene rings is 1. The maximum Gasteiger partial charge on any atom is 0.416 e. The zero-order valence-electron chi connectivity index (χ0n) is 11.3. The molecule has 2 rings (SSSR count). The quantitative estimate of drug-likeness (QED) is 0.828. The molecule has 1 aromatic carbocycles. The summed E-state index contributed by atoms with van der Waals surface area (Å²) in [5.41, 5.74) is -0.556. The first-order valence-corrected chi connectivity index (χ1v) is 6.93. The molecular formula is C13H13ClF3N3O2. The summed E-state index contributed by atoms with van der Waals surface area (Å²) >= 11 is 5.38. The summed E-state index contributed by atoms with van der Waals surface area (Å²) in [4.78, 5) is 24.4. The third kappa shape index (κ3) is 3.82. The second-order valence-corrected chi connectivity index (χ2v) is 4.95. The number of hydrogen-bond acceptors (Lipinski definition) is 3. The second kappa shape index (κ2) is 6.43. The van der Waals surface area contributed by atoms with Crippen LogP contribution in [0.2, 0.25) is 0 Å². The minimum absolute atomic E-state index is 0.00904. The van der Waals surface area contributed by atoms with E-state index in [1.54, 1.807) is 4.90 Å². The third-order valence-electron chi connectivity index (χ3n) is 3.10. The molecule has 0 unspecified atom stereocenters. The number of amides is 2. The third-order valence-corrected chi connectivity index (χ3v) is 3.34. The lowest BCUT2D eigenvalue weighted by molar-refractivity contribution is -0.137. The van der Waals surface area contributed by atoms with E-state index in [2.05, 4.69) is 10.6 Å².